The van der Waals surface area contributed by atoms with E-state index in [1.165, 1.54) is 32.1 Å². The van der Waals surface area contributed by atoms with Crippen LogP contribution in [0.25, 0.3) is 0 Å². The van der Waals surface area contributed by atoms with E-state index in [0.29, 0.717) is 24.4 Å². The van der Waals surface area contributed by atoms with Gasteiger partial charge in [-0.05, 0) is 36.1 Å². The van der Waals surface area contributed by atoms with Gasteiger partial charge in [0.15, 0.2) is 0 Å². The van der Waals surface area contributed by atoms with Crippen LogP contribution in [-0.2, 0) is 11.3 Å². The molecule has 0 unspecified atom stereocenters. The first-order valence-corrected chi connectivity index (χ1v) is 13.3. The molecule has 1 saturated heterocycles. The zero-order valence-electron chi connectivity index (χ0n) is 17.8. The zero-order chi connectivity index (χ0) is 21.5. The van der Waals surface area contributed by atoms with Crippen LogP contribution in [0.1, 0.15) is 59.0 Å². The standard InChI is InChI=1S/C25H30N2O2S2/c28-23-18-31-25(27(23)17-19-7-3-1-4-8-19)21-13-11-20(12-14-21)24(29)26-15-16-30-22-9-5-2-6-10-22/h1,3-4,7-8,11-14,22,25H,2,5-6,9-10,15-18H2,(H,26,29)/t25-/m0/s1. The summed E-state index contributed by atoms with van der Waals surface area (Å²) in [5, 5.41) is 3.82. The second-order valence-electron chi connectivity index (χ2n) is 8.18. The van der Waals surface area contributed by atoms with Gasteiger partial charge in [-0.2, -0.15) is 11.8 Å². The summed E-state index contributed by atoms with van der Waals surface area (Å²) in [7, 11) is 0. The molecule has 1 aliphatic heterocycles. The van der Waals surface area contributed by atoms with Crippen molar-refractivity contribution in [2.24, 2.45) is 0 Å². The van der Waals surface area contributed by atoms with Crippen LogP contribution >= 0.6 is 23.5 Å². The minimum atomic E-state index is -0.0212. The summed E-state index contributed by atoms with van der Waals surface area (Å²) >= 11 is 3.65. The second kappa shape index (κ2) is 11.1. The van der Waals surface area contributed by atoms with E-state index in [1.807, 2.05) is 71.3 Å². The van der Waals surface area contributed by atoms with Crippen molar-refractivity contribution in [1.29, 1.82) is 0 Å². The molecule has 2 aliphatic rings. The Bertz CT molecular complexity index is 867. The maximum Gasteiger partial charge on any atom is 0.251 e. The lowest BCUT2D eigenvalue weighted by Gasteiger charge is -2.24. The lowest BCUT2D eigenvalue weighted by Crippen LogP contribution is -2.28. The summed E-state index contributed by atoms with van der Waals surface area (Å²) in [6.45, 7) is 1.32. The number of rotatable bonds is 8. The molecule has 2 fully saturated rings. The summed E-state index contributed by atoms with van der Waals surface area (Å²) in [6.07, 6.45) is 6.72. The first kappa shape index (κ1) is 22.3. The van der Waals surface area contributed by atoms with E-state index in [9.17, 15) is 9.59 Å². The molecule has 0 radical (unpaired) electrons. The first-order chi connectivity index (χ1) is 15.2. The van der Waals surface area contributed by atoms with Crippen LogP contribution in [0.4, 0.5) is 0 Å². The summed E-state index contributed by atoms with van der Waals surface area (Å²) in [5.41, 5.74) is 2.87. The van der Waals surface area contributed by atoms with Crippen LogP contribution in [0, 0.1) is 0 Å². The number of nitrogens with one attached hydrogen (secondary N) is 1. The van der Waals surface area contributed by atoms with Crippen LogP contribution in [0.2, 0.25) is 0 Å². The van der Waals surface area contributed by atoms with Crippen molar-refractivity contribution in [3.63, 3.8) is 0 Å². The van der Waals surface area contributed by atoms with Crippen molar-refractivity contribution < 1.29 is 9.59 Å². The van der Waals surface area contributed by atoms with Crippen molar-refractivity contribution in [3.8, 4) is 0 Å². The van der Waals surface area contributed by atoms with Gasteiger partial charge in [0.25, 0.3) is 5.91 Å². The maximum absolute atomic E-state index is 12.5. The van der Waals surface area contributed by atoms with E-state index < -0.39 is 0 Å². The molecule has 6 heteroatoms. The first-order valence-electron chi connectivity index (χ1n) is 11.2. The normalized spacial score (nSPS) is 19.5. The Morgan fingerprint density at radius 2 is 1.77 bits per heavy atom. The Morgan fingerprint density at radius 1 is 1.03 bits per heavy atom. The molecule has 2 amide bonds. The molecule has 31 heavy (non-hydrogen) atoms. The Hall–Kier alpha value is -1.92. The fourth-order valence-corrected chi connectivity index (χ4v) is 6.61. The number of carbonyl (C=O) groups is 2. The molecule has 1 heterocycles. The predicted molar refractivity (Wildman–Crippen MR) is 130 cm³/mol. The van der Waals surface area contributed by atoms with Gasteiger partial charge in [-0.1, -0.05) is 61.7 Å². The number of amides is 2. The van der Waals surface area contributed by atoms with Crippen molar-refractivity contribution >= 4 is 35.3 Å². The van der Waals surface area contributed by atoms with Gasteiger partial charge >= 0.3 is 0 Å². The SMILES string of the molecule is O=C(NCCSC1CCCCC1)c1ccc([C@@H]2SCC(=O)N2Cc2ccccc2)cc1. The molecule has 0 bridgehead atoms. The van der Waals surface area contributed by atoms with Gasteiger partial charge in [0.2, 0.25) is 5.91 Å². The van der Waals surface area contributed by atoms with Gasteiger partial charge in [0.05, 0.1) is 5.75 Å². The molecule has 2 aromatic rings. The molecule has 1 aliphatic carbocycles. The lowest BCUT2D eigenvalue weighted by atomic mass is 10.0. The third kappa shape index (κ3) is 6.07. The molecule has 1 atom stereocenters. The highest BCUT2D eigenvalue weighted by molar-refractivity contribution is 8.00. The Kier molecular flexibility index (Phi) is 7.97. The third-order valence-corrected chi connectivity index (χ3v) is 8.55. The fourth-order valence-electron chi connectivity index (χ4n) is 4.20. The molecule has 4 rings (SSSR count). The quantitative estimate of drug-likeness (QED) is 0.553. The fraction of sp³-hybridized carbons (Fsp3) is 0.440. The van der Waals surface area contributed by atoms with Crippen LogP contribution in [0.15, 0.2) is 54.6 Å². The number of benzene rings is 2. The molecule has 4 nitrogen and oxygen atoms in total. The van der Waals surface area contributed by atoms with E-state index in [1.54, 1.807) is 11.8 Å². The van der Waals surface area contributed by atoms with E-state index in [0.717, 1.165) is 22.1 Å². The highest BCUT2D eigenvalue weighted by atomic mass is 32.2. The minimum absolute atomic E-state index is 0.00305. The van der Waals surface area contributed by atoms with Crippen LogP contribution in [0.5, 0.6) is 0 Å². The van der Waals surface area contributed by atoms with Gasteiger partial charge in [-0.25, -0.2) is 0 Å². The molecule has 1 N–H and O–H groups in total. The van der Waals surface area contributed by atoms with E-state index in [4.69, 9.17) is 0 Å². The molecular weight excluding hydrogens is 424 g/mol. The minimum Gasteiger partial charge on any atom is -0.351 e. The summed E-state index contributed by atoms with van der Waals surface area (Å²) < 4.78 is 0. The number of nitrogens with zero attached hydrogens (tertiary/aromatic N) is 1. The predicted octanol–water partition coefficient (Wildman–Crippen LogP) is 5.26. The summed E-state index contributed by atoms with van der Waals surface area (Å²) in [6, 6.07) is 17.8. The van der Waals surface area contributed by atoms with E-state index in [2.05, 4.69) is 5.32 Å². The second-order valence-corrected chi connectivity index (χ2v) is 10.7. The average molecular weight is 455 g/mol. The van der Waals surface area contributed by atoms with Gasteiger partial charge < -0.3 is 10.2 Å². The highest BCUT2D eigenvalue weighted by Gasteiger charge is 2.32. The molecule has 164 valence electrons. The zero-order valence-corrected chi connectivity index (χ0v) is 19.4. The third-order valence-electron chi connectivity index (χ3n) is 5.92. The molecule has 2 aromatic carbocycles. The molecule has 0 aromatic heterocycles. The maximum atomic E-state index is 12.5. The summed E-state index contributed by atoms with van der Waals surface area (Å²) in [5.74, 6) is 1.62. The van der Waals surface area contributed by atoms with Crippen LogP contribution in [-0.4, -0.2) is 40.0 Å². The average Bonchev–Trinajstić information content (AvgIpc) is 3.18. The number of hydrogen-bond donors (Lipinski definition) is 1. The number of hydrogen-bond acceptors (Lipinski definition) is 4. The van der Waals surface area contributed by atoms with Gasteiger partial charge in [0, 0.05) is 29.7 Å². The monoisotopic (exact) mass is 454 g/mol. The van der Waals surface area contributed by atoms with Crippen molar-refractivity contribution in [2.45, 2.75) is 49.3 Å². The van der Waals surface area contributed by atoms with Crippen LogP contribution in [0.3, 0.4) is 0 Å². The van der Waals surface area contributed by atoms with Gasteiger partial charge in [-0.15, -0.1) is 11.8 Å². The van der Waals surface area contributed by atoms with Gasteiger partial charge in [0.1, 0.15) is 5.37 Å². The molecule has 1 saturated carbocycles. The van der Waals surface area contributed by atoms with Crippen molar-refractivity contribution in [3.05, 3.63) is 71.3 Å². The van der Waals surface area contributed by atoms with Crippen molar-refractivity contribution in [2.75, 3.05) is 18.1 Å². The van der Waals surface area contributed by atoms with Crippen molar-refractivity contribution in [1.82, 2.24) is 10.2 Å². The smallest absolute Gasteiger partial charge is 0.251 e. The Balaban J connectivity index is 1.29. The summed E-state index contributed by atoms with van der Waals surface area (Å²) in [4.78, 5) is 26.9. The Labute approximate surface area is 193 Å². The van der Waals surface area contributed by atoms with E-state index in [-0.39, 0.29) is 17.2 Å². The number of carbonyl (C=O) groups excluding carboxylic acids is 2. The highest BCUT2D eigenvalue weighted by Crippen LogP contribution is 2.39. The van der Waals surface area contributed by atoms with Crippen LogP contribution < -0.4 is 5.32 Å². The lowest BCUT2D eigenvalue weighted by molar-refractivity contribution is -0.128. The largest absolute Gasteiger partial charge is 0.351 e. The van der Waals surface area contributed by atoms with Gasteiger partial charge in [-0.3, -0.25) is 9.59 Å². The topological polar surface area (TPSA) is 49.4 Å². The number of thioether (sulfide) groups is 2. The Morgan fingerprint density at radius 3 is 2.52 bits per heavy atom. The van der Waals surface area contributed by atoms with E-state index >= 15 is 0 Å². The molecular formula is C25H30N2O2S2. The molecule has 0 spiro atoms.